The number of thioether (sulfide) groups is 1. The molecule has 6 heteroatoms. The molecule has 0 atom stereocenters. The molecule has 0 amide bonds. The standard InChI is InChI=1S/C22H21FN4S/c1-13-14(2)27(18-10-8-16(23)9-11-18)22-20(13)21(24-15(3)25-22)26-17-6-5-7-19(12-17)28-4/h5-12H,1-4H3,(H,24,25,26). The zero-order valence-electron chi connectivity index (χ0n) is 16.2. The van der Waals surface area contributed by atoms with Gasteiger partial charge in [0, 0.05) is 22.0 Å². The predicted molar refractivity (Wildman–Crippen MR) is 115 cm³/mol. The molecule has 0 aliphatic rings. The zero-order valence-corrected chi connectivity index (χ0v) is 17.1. The third-order valence-corrected chi connectivity index (χ3v) is 5.61. The molecule has 2 heterocycles. The molecular weight excluding hydrogens is 371 g/mol. The molecule has 4 nitrogen and oxygen atoms in total. The van der Waals surface area contributed by atoms with Crippen molar-refractivity contribution in [3.8, 4) is 5.69 Å². The van der Waals surface area contributed by atoms with E-state index < -0.39 is 0 Å². The van der Waals surface area contributed by atoms with Gasteiger partial charge in [-0.1, -0.05) is 6.07 Å². The molecule has 0 radical (unpaired) electrons. The lowest BCUT2D eigenvalue weighted by atomic mass is 10.2. The maximum Gasteiger partial charge on any atom is 0.150 e. The molecule has 0 aliphatic heterocycles. The average Bonchev–Trinajstić information content (AvgIpc) is 2.93. The van der Waals surface area contributed by atoms with E-state index in [0.29, 0.717) is 5.82 Å². The van der Waals surface area contributed by atoms with Gasteiger partial charge < -0.3 is 5.32 Å². The van der Waals surface area contributed by atoms with Crippen LogP contribution in [0.1, 0.15) is 17.1 Å². The van der Waals surface area contributed by atoms with Crippen molar-refractivity contribution in [2.45, 2.75) is 25.7 Å². The van der Waals surface area contributed by atoms with Gasteiger partial charge in [0.2, 0.25) is 0 Å². The summed E-state index contributed by atoms with van der Waals surface area (Å²) < 4.78 is 15.5. The van der Waals surface area contributed by atoms with E-state index in [4.69, 9.17) is 4.98 Å². The van der Waals surface area contributed by atoms with E-state index in [9.17, 15) is 4.39 Å². The molecule has 1 N–H and O–H groups in total. The van der Waals surface area contributed by atoms with Gasteiger partial charge >= 0.3 is 0 Å². The second kappa shape index (κ2) is 7.28. The fraction of sp³-hybridized carbons (Fsp3) is 0.182. The number of aryl methyl sites for hydroxylation is 2. The van der Waals surface area contributed by atoms with Crippen molar-refractivity contribution in [1.29, 1.82) is 0 Å². The number of aromatic nitrogens is 3. The summed E-state index contributed by atoms with van der Waals surface area (Å²) in [6, 6.07) is 14.7. The normalized spacial score (nSPS) is 11.2. The van der Waals surface area contributed by atoms with Crippen LogP contribution in [0.5, 0.6) is 0 Å². The Labute approximate surface area is 167 Å². The molecule has 0 aliphatic carbocycles. The summed E-state index contributed by atoms with van der Waals surface area (Å²) in [5.74, 6) is 1.20. The van der Waals surface area contributed by atoms with E-state index in [1.54, 1.807) is 23.9 Å². The van der Waals surface area contributed by atoms with Crippen LogP contribution in [-0.4, -0.2) is 20.8 Å². The lowest BCUT2D eigenvalue weighted by Gasteiger charge is -2.11. The maximum atomic E-state index is 13.4. The van der Waals surface area contributed by atoms with Crippen molar-refractivity contribution in [2.75, 3.05) is 11.6 Å². The van der Waals surface area contributed by atoms with Gasteiger partial charge in [0.15, 0.2) is 5.65 Å². The smallest absolute Gasteiger partial charge is 0.150 e. The third kappa shape index (κ3) is 3.24. The van der Waals surface area contributed by atoms with E-state index in [-0.39, 0.29) is 5.82 Å². The Morgan fingerprint density at radius 3 is 2.46 bits per heavy atom. The van der Waals surface area contributed by atoms with E-state index in [1.165, 1.54) is 17.0 Å². The quantitative estimate of drug-likeness (QED) is 0.436. The molecule has 2 aromatic heterocycles. The number of hydrogen-bond donors (Lipinski definition) is 1. The number of anilines is 2. The lowest BCUT2D eigenvalue weighted by Crippen LogP contribution is -2.02. The van der Waals surface area contributed by atoms with Gasteiger partial charge in [0.25, 0.3) is 0 Å². The second-order valence-corrected chi connectivity index (χ2v) is 7.58. The van der Waals surface area contributed by atoms with E-state index >= 15 is 0 Å². The SMILES string of the molecule is CSc1cccc(Nc2nc(C)nc3c2c(C)c(C)n3-c2ccc(F)cc2)c1. The summed E-state index contributed by atoms with van der Waals surface area (Å²) >= 11 is 1.70. The fourth-order valence-electron chi connectivity index (χ4n) is 3.41. The Morgan fingerprint density at radius 2 is 1.75 bits per heavy atom. The highest BCUT2D eigenvalue weighted by atomic mass is 32.2. The van der Waals surface area contributed by atoms with Crippen molar-refractivity contribution in [1.82, 2.24) is 14.5 Å². The van der Waals surface area contributed by atoms with Crippen molar-refractivity contribution in [2.24, 2.45) is 0 Å². The number of fused-ring (bicyclic) bond motifs is 1. The minimum absolute atomic E-state index is 0.253. The highest BCUT2D eigenvalue weighted by Gasteiger charge is 2.19. The number of halogens is 1. The molecular formula is C22H21FN4S. The Hall–Kier alpha value is -2.86. The molecule has 4 aromatic rings. The summed E-state index contributed by atoms with van der Waals surface area (Å²) in [4.78, 5) is 10.6. The highest BCUT2D eigenvalue weighted by molar-refractivity contribution is 7.98. The Balaban J connectivity index is 1.91. The van der Waals surface area contributed by atoms with Crippen molar-refractivity contribution >= 4 is 34.3 Å². The maximum absolute atomic E-state index is 13.4. The number of nitrogens with zero attached hydrogens (tertiary/aromatic N) is 3. The van der Waals surface area contributed by atoms with Gasteiger partial charge in [0.1, 0.15) is 17.5 Å². The lowest BCUT2D eigenvalue weighted by molar-refractivity contribution is 0.627. The van der Waals surface area contributed by atoms with Gasteiger partial charge in [-0.2, -0.15) is 0 Å². The van der Waals surface area contributed by atoms with Crippen molar-refractivity contribution < 1.29 is 4.39 Å². The average molecular weight is 393 g/mol. The van der Waals surface area contributed by atoms with Crippen LogP contribution in [0, 0.1) is 26.6 Å². The molecule has 0 saturated heterocycles. The van der Waals surface area contributed by atoms with Crippen LogP contribution in [0.3, 0.4) is 0 Å². The van der Waals surface area contributed by atoms with Crippen molar-refractivity contribution in [3.63, 3.8) is 0 Å². The summed E-state index contributed by atoms with van der Waals surface area (Å²) in [5, 5.41) is 4.44. The van der Waals surface area contributed by atoms with Crippen LogP contribution in [0.15, 0.2) is 53.4 Å². The van der Waals surface area contributed by atoms with Gasteiger partial charge in [-0.25, -0.2) is 14.4 Å². The van der Waals surface area contributed by atoms with Crippen LogP contribution >= 0.6 is 11.8 Å². The first-order valence-electron chi connectivity index (χ1n) is 9.01. The van der Waals surface area contributed by atoms with Gasteiger partial charge in [0.05, 0.1) is 5.39 Å². The molecule has 142 valence electrons. The first-order valence-corrected chi connectivity index (χ1v) is 10.2. The topological polar surface area (TPSA) is 42.7 Å². The Morgan fingerprint density at radius 1 is 1.00 bits per heavy atom. The summed E-state index contributed by atoms with van der Waals surface area (Å²) in [6.07, 6.45) is 2.06. The molecule has 0 unspecified atom stereocenters. The monoisotopic (exact) mass is 392 g/mol. The van der Waals surface area contributed by atoms with Crippen molar-refractivity contribution in [3.05, 3.63) is 71.4 Å². The van der Waals surface area contributed by atoms with E-state index in [0.717, 1.165) is 39.5 Å². The van der Waals surface area contributed by atoms with E-state index in [1.807, 2.05) is 26.0 Å². The van der Waals surface area contributed by atoms with Crippen LogP contribution in [0.4, 0.5) is 15.9 Å². The number of hydrogen-bond acceptors (Lipinski definition) is 4. The van der Waals surface area contributed by atoms with Gasteiger partial charge in [-0.15, -0.1) is 11.8 Å². The summed E-state index contributed by atoms with van der Waals surface area (Å²) in [6.45, 7) is 6.00. The summed E-state index contributed by atoms with van der Waals surface area (Å²) in [7, 11) is 0. The largest absolute Gasteiger partial charge is 0.340 e. The molecule has 28 heavy (non-hydrogen) atoms. The fourth-order valence-corrected chi connectivity index (χ4v) is 3.87. The van der Waals surface area contributed by atoms with Gasteiger partial charge in [-0.3, -0.25) is 4.57 Å². The molecule has 2 aromatic carbocycles. The van der Waals surface area contributed by atoms with Crippen LogP contribution in [-0.2, 0) is 0 Å². The third-order valence-electron chi connectivity index (χ3n) is 4.88. The number of nitrogens with one attached hydrogen (secondary N) is 1. The van der Waals surface area contributed by atoms with Crippen LogP contribution < -0.4 is 5.32 Å². The molecule has 0 spiro atoms. The first-order chi connectivity index (χ1) is 13.5. The van der Waals surface area contributed by atoms with Gasteiger partial charge in [-0.05, 0) is 75.1 Å². The van der Waals surface area contributed by atoms with E-state index in [2.05, 4.69) is 40.2 Å². The molecule has 4 rings (SSSR count). The molecule has 0 fully saturated rings. The Kier molecular flexibility index (Phi) is 4.81. The first kappa shape index (κ1) is 18.5. The highest BCUT2D eigenvalue weighted by Crippen LogP contribution is 2.33. The molecule has 0 saturated carbocycles. The van der Waals surface area contributed by atoms with Crippen LogP contribution in [0.2, 0.25) is 0 Å². The number of benzene rings is 2. The van der Waals surface area contributed by atoms with Crippen LogP contribution in [0.25, 0.3) is 16.7 Å². The summed E-state index contributed by atoms with van der Waals surface area (Å²) in [5.41, 5.74) is 4.84. The Bertz CT molecular complexity index is 1170. The minimum Gasteiger partial charge on any atom is -0.340 e. The minimum atomic E-state index is -0.253. The molecule has 0 bridgehead atoms. The predicted octanol–water partition coefficient (Wildman–Crippen LogP) is 5.95. The number of rotatable bonds is 4. The zero-order chi connectivity index (χ0) is 19.8. The second-order valence-electron chi connectivity index (χ2n) is 6.70.